The second-order valence-electron chi connectivity index (χ2n) is 6.58. The first-order valence-electron chi connectivity index (χ1n) is 9.17. The van der Waals surface area contributed by atoms with Gasteiger partial charge in [0, 0.05) is 12.0 Å². The Balaban J connectivity index is 1.52. The molecule has 1 aromatic heterocycles. The van der Waals surface area contributed by atoms with Gasteiger partial charge >= 0.3 is 0 Å². The summed E-state index contributed by atoms with van der Waals surface area (Å²) in [6, 6.07) is 13.4. The van der Waals surface area contributed by atoms with Gasteiger partial charge in [0.2, 0.25) is 0 Å². The number of aromatic nitrogens is 3. The summed E-state index contributed by atoms with van der Waals surface area (Å²) in [5.74, 6) is 2.39. The third kappa shape index (κ3) is 3.75. The number of fused-ring (bicyclic) bond motifs is 1. The summed E-state index contributed by atoms with van der Waals surface area (Å²) in [5, 5.41) is 9.16. The maximum Gasteiger partial charge on any atom is 0.196 e. The topological polar surface area (TPSA) is 66.2 Å². The Morgan fingerprint density at radius 1 is 1.07 bits per heavy atom. The van der Waals surface area contributed by atoms with E-state index in [-0.39, 0.29) is 11.5 Å². The van der Waals surface area contributed by atoms with E-state index in [0.29, 0.717) is 35.4 Å². The van der Waals surface area contributed by atoms with E-state index in [1.165, 1.54) is 11.8 Å². The Kier molecular flexibility index (Phi) is 5.34. The van der Waals surface area contributed by atoms with Gasteiger partial charge in [-0.3, -0.25) is 9.36 Å². The molecule has 4 rings (SSSR count). The molecule has 1 aliphatic rings. The molecule has 0 N–H and O–H groups in total. The number of rotatable bonds is 5. The van der Waals surface area contributed by atoms with E-state index in [2.05, 4.69) is 10.2 Å². The van der Waals surface area contributed by atoms with Gasteiger partial charge in [0.05, 0.1) is 24.7 Å². The molecule has 7 heteroatoms. The number of thioether (sulfide) groups is 1. The molecular weight excluding hydrogens is 374 g/mol. The van der Waals surface area contributed by atoms with Crippen LogP contribution >= 0.6 is 11.8 Å². The fourth-order valence-electron chi connectivity index (χ4n) is 3.08. The molecule has 6 nitrogen and oxygen atoms in total. The highest BCUT2D eigenvalue weighted by Crippen LogP contribution is 2.31. The number of carbonyl (C=O) groups excluding carboxylic acids is 1. The van der Waals surface area contributed by atoms with Gasteiger partial charge in [-0.25, -0.2) is 0 Å². The van der Waals surface area contributed by atoms with Crippen molar-refractivity contribution in [1.82, 2.24) is 14.8 Å². The molecular formula is C21H21N3O3S. The normalized spacial score (nSPS) is 13.2. The molecule has 0 bridgehead atoms. The molecule has 0 saturated heterocycles. The summed E-state index contributed by atoms with van der Waals surface area (Å²) >= 11 is 1.38. The van der Waals surface area contributed by atoms with Gasteiger partial charge < -0.3 is 9.47 Å². The van der Waals surface area contributed by atoms with E-state index in [1.54, 1.807) is 18.2 Å². The van der Waals surface area contributed by atoms with Crippen LogP contribution in [0.3, 0.4) is 0 Å². The Morgan fingerprint density at radius 3 is 2.68 bits per heavy atom. The molecule has 0 atom stereocenters. The zero-order valence-electron chi connectivity index (χ0n) is 15.8. The van der Waals surface area contributed by atoms with Crippen LogP contribution in [0.15, 0.2) is 47.6 Å². The number of aryl methyl sites for hydroxylation is 2. The van der Waals surface area contributed by atoms with Crippen LogP contribution < -0.4 is 9.47 Å². The summed E-state index contributed by atoms with van der Waals surface area (Å²) in [5.41, 5.74) is 2.76. The monoisotopic (exact) mass is 395 g/mol. The molecule has 0 unspecified atom stereocenters. The molecule has 0 saturated carbocycles. The van der Waals surface area contributed by atoms with Crippen LogP contribution in [0.25, 0.3) is 5.69 Å². The minimum absolute atomic E-state index is 0.0117. The number of para-hydroxylation sites is 1. The lowest BCUT2D eigenvalue weighted by atomic mass is 10.1. The fraction of sp³-hybridized carbons (Fsp3) is 0.286. The second kappa shape index (κ2) is 8.06. The number of hydrogen-bond acceptors (Lipinski definition) is 6. The number of carbonyl (C=O) groups is 1. The van der Waals surface area contributed by atoms with Crippen molar-refractivity contribution < 1.29 is 14.3 Å². The molecule has 2 aromatic carbocycles. The number of ether oxygens (including phenoxy) is 2. The SMILES string of the molecule is Cc1ccccc1-n1c(C)nnc1SCC(=O)c1ccc2c(c1)OCCCO2. The molecule has 0 radical (unpaired) electrons. The smallest absolute Gasteiger partial charge is 0.196 e. The van der Waals surface area contributed by atoms with Crippen LogP contribution in [-0.4, -0.2) is 39.5 Å². The van der Waals surface area contributed by atoms with E-state index in [0.717, 1.165) is 23.5 Å². The quantitative estimate of drug-likeness (QED) is 0.480. The lowest BCUT2D eigenvalue weighted by Crippen LogP contribution is -2.06. The molecule has 144 valence electrons. The Hall–Kier alpha value is -2.80. The summed E-state index contributed by atoms with van der Waals surface area (Å²) in [4.78, 5) is 12.7. The van der Waals surface area contributed by atoms with Gasteiger partial charge in [0.1, 0.15) is 5.82 Å². The molecule has 0 amide bonds. The van der Waals surface area contributed by atoms with Gasteiger partial charge in [-0.2, -0.15) is 0 Å². The van der Waals surface area contributed by atoms with Crippen LogP contribution in [0.4, 0.5) is 0 Å². The highest BCUT2D eigenvalue weighted by molar-refractivity contribution is 7.99. The summed E-state index contributed by atoms with van der Waals surface area (Å²) < 4.78 is 13.3. The highest BCUT2D eigenvalue weighted by atomic mass is 32.2. The average Bonchev–Trinajstić information content (AvgIpc) is 2.91. The van der Waals surface area contributed by atoms with Crippen LogP contribution in [0.1, 0.15) is 28.2 Å². The van der Waals surface area contributed by atoms with E-state index in [1.807, 2.05) is 42.7 Å². The zero-order valence-corrected chi connectivity index (χ0v) is 16.7. The van der Waals surface area contributed by atoms with Crippen molar-refractivity contribution in [1.29, 1.82) is 0 Å². The van der Waals surface area contributed by atoms with Crippen molar-refractivity contribution in [3.05, 3.63) is 59.4 Å². The number of nitrogens with zero attached hydrogens (tertiary/aromatic N) is 3. The highest BCUT2D eigenvalue weighted by Gasteiger charge is 2.17. The third-order valence-corrected chi connectivity index (χ3v) is 5.48. The zero-order chi connectivity index (χ0) is 19.5. The number of hydrogen-bond donors (Lipinski definition) is 0. The lowest BCUT2D eigenvalue weighted by molar-refractivity contribution is 0.102. The summed E-state index contributed by atoms with van der Waals surface area (Å²) in [6.07, 6.45) is 0.835. The molecule has 2 heterocycles. The molecule has 3 aromatic rings. The first-order valence-corrected chi connectivity index (χ1v) is 10.2. The molecule has 0 fully saturated rings. The van der Waals surface area contributed by atoms with Crippen molar-refractivity contribution in [2.24, 2.45) is 0 Å². The molecule has 0 spiro atoms. The van der Waals surface area contributed by atoms with Gasteiger partial charge in [-0.05, 0) is 43.7 Å². The van der Waals surface area contributed by atoms with Gasteiger partial charge in [-0.15, -0.1) is 10.2 Å². The molecule has 0 aliphatic carbocycles. The summed E-state index contributed by atoms with van der Waals surface area (Å²) in [7, 11) is 0. The van der Waals surface area contributed by atoms with Crippen LogP contribution in [0, 0.1) is 13.8 Å². The Morgan fingerprint density at radius 2 is 1.86 bits per heavy atom. The van der Waals surface area contributed by atoms with Crippen LogP contribution in [-0.2, 0) is 0 Å². The van der Waals surface area contributed by atoms with Crippen molar-refractivity contribution >= 4 is 17.5 Å². The van der Waals surface area contributed by atoms with Crippen molar-refractivity contribution in [2.75, 3.05) is 19.0 Å². The third-order valence-electron chi connectivity index (χ3n) is 4.55. The first kappa shape index (κ1) is 18.6. The number of benzene rings is 2. The predicted molar refractivity (Wildman–Crippen MR) is 108 cm³/mol. The van der Waals surface area contributed by atoms with Crippen molar-refractivity contribution in [2.45, 2.75) is 25.4 Å². The standard InChI is InChI=1S/C21H21N3O3S/c1-14-6-3-4-7-17(14)24-15(2)22-23-21(24)28-13-18(25)16-8-9-19-20(12-16)27-11-5-10-26-19/h3-4,6-9,12H,5,10-11,13H2,1-2H3. The Bertz CT molecular complexity index is 1020. The van der Waals surface area contributed by atoms with Crippen LogP contribution in [0.5, 0.6) is 11.5 Å². The fourth-order valence-corrected chi connectivity index (χ4v) is 3.96. The van der Waals surface area contributed by atoms with E-state index < -0.39 is 0 Å². The average molecular weight is 395 g/mol. The van der Waals surface area contributed by atoms with Crippen molar-refractivity contribution in [3.8, 4) is 17.2 Å². The van der Waals surface area contributed by atoms with E-state index >= 15 is 0 Å². The lowest BCUT2D eigenvalue weighted by Gasteiger charge is -2.11. The molecule has 1 aliphatic heterocycles. The van der Waals surface area contributed by atoms with Gasteiger partial charge in [-0.1, -0.05) is 30.0 Å². The number of Topliss-reactive ketones (excluding diaryl/α,β-unsaturated/α-hetero) is 1. The minimum atomic E-state index is 0.0117. The minimum Gasteiger partial charge on any atom is -0.490 e. The van der Waals surface area contributed by atoms with E-state index in [9.17, 15) is 4.79 Å². The van der Waals surface area contributed by atoms with Crippen LogP contribution in [0.2, 0.25) is 0 Å². The van der Waals surface area contributed by atoms with Gasteiger partial charge in [0.25, 0.3) is 0 Å². The van der Waals surface area contributed by atoms with Gasteiger partial charge in [0.15, 0.2) is 22.4 Å². The maximum absolute atomic E-state index is 12.7. The molecule has 28 heavy (non-hydrogen) atoms. The predicted octanol–water partition coefficient (Wildman–Crippen LogP) is 4.02. The first-order chi connectivity index (χ1) is 13.6. The van der Waals surface area contributed by atoms with Crippen molar-refractivity contribution in [3.63, 3.8) is 0 Å². The summed E-state index contributed by atoms with van der Waals surface area (Å²) in [6.45, 7) is 5.18. The Labute approximate surface area is 167 Å². The second-order valence-corrected chi connectivity index (χ2v) is 7.52. The largest absolute Gasteiger partial charge is 0.490 e. The van der Waals surface area contributed by atoms with E-state index in [4.69, 9.17) is 9.47 Å². The number of ketones is 1. The maximum atomic E-state index is 12.7.